The molecule has 3 atom stereocenters. The third-order valence-corrected chi connectivity index (χ3v) is 7.33. The van der Waals surface area contributed by atoms with Gasteiger partial charge in [-0.05, 0) is 48.9 Å². The Kier molecular flexibility index (Phi) is 7.54. The Hall–Kier alpha value is -2.81. The van der Waals surface area contributed by atoms with E-state index in [9.17, 15) is 18.0 Å². The summed E-state index contributed by atoms with van der Waals surface area (Å²) in [6.07, 6.45) is 1.90. The lowest BCUT2D eigenvalue weighted by Gasteiger charge is -2.28. The second-order valence-electron chi connectivity index (χ2n) is 9.79. The fraction of sp³-hybridized carbons (Fsp3) is 0.538. The molecule has 2 heterocycles. The molecule has 1 aromatic heterocycles. The van der Waals surface area contributed by atoms with E-state index >= 15 is 0 Å². The Labute approximate surface area is 202 Å². The molecule has 0 bridgehead atoms. The zero-order chi connectivity index (χ0) is 25.2. The van der Waals surface area contributed by atoms with Crippen LogP contribution in [0.25, 0.3) is 0 Å². The Balaban J connectivity index is 0.000000364. The number of carbonyl (C=O) groups excluding carboxylic acids is 1. The molecule has 35 heavy (non-hydrogen) atoms. The van der Waals surface area contributed by atoms with E-state index in [-0.39, 0.29) is 11.9 Å². The minimum Gasteiger partial charge on any atom is -0.475 e. The van der Waals surface area contributed by atoms with Gasteiger partial charge in [0, 0.05) is 31.5 Å². The highest BCUT2D eigenvalue weighted by atomic mass is 19.4. The summed E-state index contributed by atoms with van der Waals surface area (Å²) in [6.45, 7) is 5.31. The van der Waals surface area contributed by atoms with E-state index in [1.165, 1.54) is 49.8 Å². The van der Waals surface area contributed by atoms with E-state index in [4.69, 9.17) is 14.3 Å². The number of nitrogens with one attached hydrogen (secondary N) is 1. The number of likely N-dealkylation sites (tertiary alicyclic amines) is 1. The van der Waals surface area contributed by atoms with Crippen LogP contribution in [0.3, 0.4) is 0 Å². The molecule has 2 fully saturated rings. The molecule has 0 unspecified atom stereocenters. The lowest BCUT2D eigenvalue weighted by Crippen LogP contribution is -2.34. The number of benzene rings is 1. The van der Waals surface area contributed by atoms with Gasteiger partial charge in [-0.3, -0.25) is 4.79 Å². The molecule has 9 heteroatoms. The van der Waals surface area contributed by atoms with Crippen LogP contribution < -0.4 is 5.32 Å². The van der Waals surface area contributed by atoms with Crippen molar-refractivity contribution in [3.8, 4) is 0 Å². The molecule has 2 aromatic rings. The average molecular weight is 493 g/mol. The van der Waals surface area contributed by atoms with Crippen molar-refractivity contribution in [1.29, 1.82) is 0 Å². The molecule has 1 aromatic carbocycles. The van der Waals surface area contributed by atoms with E-state index in [1.807, 2.05) is 13.0 Å². The zero-order valence-electron chi connectivity index (χ0n) is 19.7. The van der Waals surface area contributed by atoms with Crippen LogP contribution in [0.15, 0.2) is 40.8 Å². The topological polar surface area (TPSA) is 82.8 Å². The van der Waals surface area contributed by atoms with Crippen LogP contribution in [0.5, 0.6) is 0 Å². The van der Waals surface area contributed by atoms with Crippen LogP contribution in [0, 0.1) is 18.8 Å². The second-order valence-corrected chi connectivity index (χ2v) is 9.79. The normalized spacial score (nSPS) is 24.3. The Morgan fingerprint density at radius 2 is 1.71 bits per heavy atom. The molecule has 2 N–H and O–H groups in total. The van der Waals surface area contributed by atoms with Crippen LogP contribution >= 0.6 is 0 Å². The first-order chi connectivity index (χ1) is 16.6. The molecule has 3 aliphatic rings. The molecule has 6 nitrogen and oxygen atoms in total. The summed E-state index contributed by atoms with van der Waals surface area (Å²) < 4.78 is 37.3. The summed E-state index contributed by atoms with van der Waals surface area (Å²) in [4.78, 5) is 24.4. The first-order valence-corrected chi connectivity index (χ1v) is 12.1. The van der Waals surface area contributed by atoms with Crippen molar-refractivity contribution in [3.63, 3.8) is 0 Å². The van der Waals surface area contributed by atoms with E-state index < -0.39 is 12.1 Å². The third kappa shape index (κ3) is 5.89. The minimum absolute atomic E-state index is 0.0791. The molecule has 190 valence electrons. The molecule has 2 aliphatic carbocycles. The highest BCUT2D eigenvalue weighted by Crippen LogP contribution is 2.49. The number of nitrogens with zero attached hydrogens (tertiary/aromatic N) is 1. The number of hydrogen-bond donors (Lipinski definition) is 2. The predicted molar refractivity (Wildman–Crippen MR) is 123 cm³/mol. The summed E-state index contributed by atoms with van der Waals surface area (Å²) in [6, 6.07) is 12.4. The minimum atomic E-state index is -5.08. The number of rotatable bonds is 4. The molecule has 1 saturated heterocycles. The summed E-state index contributed by atoms with van der Waals surface area (Å²) >= 11 is 0. The van der Waals surface area contributed by atoms with Gasteiger partial charge < -0.3 is 19.7 Å². The number of carboxylic acids is 1. The number of furan rings is 1. The van der Waals surface area contributed by atoms with Gasteiger partial charge in [0.25, 0.3) is 5.91 Å². The van der Waals surface area contributed by atoms with E-state index in [0.717, 1.165) is 24.8 Å². The molecule has 1 saturated carbocycles. The number of fused-ring (bicyclic) bond motifs is 3. The third-order valence-electron chi connectivity index (χ3n) is 7.33. The summed E-state index contributed by atoms with van der Waals surface area (Å²) in [5.74, 6) is 0.183. The summed E-state index contributed by atoms with van der Waals surface area (Å²) in [5.41, 5.74) is 2.73. The highest BCUT2D eigenvalue weighted by Gasteiger charge is 2.47. The number of halogens is 3. The van der Waals surface area contributed by atoms with Gasteiger partial charge in [-0.2, -0.15) is 13.2 Å². The number of alkyl halides is 3. The Bertz CT molecular complexity index is 1050. The van der Waals surface area contributed by atoms with E-state index in [2.05, 4.69) is 34.5 Å². The van der Waals surface area contributed by atoms with Crippen LogP contribution in [-0.2, 0) is 4.79 Å². The van der Waals surface area contributed by atoms with Gasteiger partial charge in [0.1, 0.15) is 5.76 Å². The molecular formula is C26H31F3N2O4. The first kappa shape index (κ1) is 25.3. The maximum atomic E-state index is 12.8. The van der Waals surface area contributed by atoms with E-state index in [1.54, 1.807) is 6.07 Å². The smallest absolute Gasteiger partial charge is 0.475 e. The Morgan fingerprint density at radius 1 is 1.06 bits per heavy atom. The van der Waals surface area contributed by atoms with Gasteiger partial charge in [0.2, 0.25) is 0 Å². The highest BCUT2D eigenvalue weighted by molar-refractivity contribution is 5.92. The zero-order valence-corrected chi connectivity index (χ0v) is 19.7. The van der Waals surface area contributed by atoms with E-state index in [0.29, 0.717) is 17.6 Å². The SMILES string of the molecule is Cc1ccc(C(=O)N[C@@H]2c3ccccc3[C@@H]3CN(CC4CCCCC4)C[C@H]23)o1.O=C(O)C(F)(F)F. The maximum absolute atomic E-state index is 12.8. The van der Waals surface area contributed by atoms with Crippen LogP contribution in [0.2, 0.25) is 0 Å². The van der Waals surface area contributed by atoms with Crippen molar-refractivity contribution >= 4 is 11.9 Å². The van der Waals surface area contributed by atoms with Gasteiger partial charge in [0.15, 0.2) is 5.76 Å². The predicted octanol–water partition coefficient (Wildman–Crippen LogP) is 5.30. The van der Waals surface area contributed by atoms with Crippen molar-refractivity contribution in [2.45, 2.75) is 57.2 Å². The number of aliphatic carboxylic acids is 1. The van der Waals surface area contributed by atoms with Crippen molar-refractivity contribution in [1.82, 2.24) is 10.2 Å². The summed E-state index contributed by atoms with van der Waals surface area (Å²) in [5, 5.41) is 10.4. The molecule has 1 aliphatic heterocycles. The lowest BCUT2D eigenvalue weighted by molar-refractivity contribution is -0.192. The van der Waals surface area contributed by atoms with Gasteiger partial charge in [0.05, 0.1) is 6.04 Å². The van der Waals surface area contributed by atoms with Gasteiger partial charge in [-0.1, -0.05) is 43.5 Å². The van der Waals surface area contributed by atoms with Crippen LogP contribution in [-0.4, -0.2) is 47.7 Å². The van der Waals surface area contributed by atoms with Crippen molar-refractivity contribution in [2.75, 3.05) is 19.6 Å². The molecule has 0 radical (unpaired) electrons. The number of carboxylic acid groups (broad SMARTS) is 1. The largest absolute Gasteiger partial charge is 0.490 e. The maximum Gasteiger partial charge on any atom is 0.490 e. The number of carbonyl (C=O) groups is 2. The Morgan fingerprint density at radius 3 is 2.31 bits per heavy atom. The number of hydrogen-bond acceptors (Lipinski definition) is 4. The van der Waals surface area contributed by atoms with Gasteiger partial charge in [-0.25, -0.2) is 4.79 Å². The molecule has 5 rings (SSSR count). The first-order valence-electron chi connectivity index (χ1n) is 12.1. The molecular weight excluding hydrogens is 461 g/mol. The van der Waals surface area contributed by atoms with Crippen LogP contribution in [0.4, 0.5) is 13.2 Å². The lowest BCUT2D eigenvalue weighted by atomic mass is 9.89. The van der Waals surface area contributed by atoms with Crippen LogP contribution in [0.1, 0.15) is 71.5 Å². The second kappa shape index (κ2) is 10.4. The quantitative estimate of drug-likeness (QED) is 0.605. The molecule has 1 amide bonds. The standard InChI is InChI=1S/C24H30N2O2.C2HF3O2/c1-16-11-12-22(28-16)24(27)25-23-19-10-6-5-9-18(19)20-14-26(15-21(20)23)13-17-7-3-2-4-8-17;3-2(4,5)1(6)7/h5-6,9-12,17,20-21,23H,2-4,7-8,13-15H2,1H3,(H,25,27);(H,6,7)/t20-,21-,23+;/m0./s1. The fourth-order valence-corrected chi connectivity index (χ4v) is 5.78. The monoisotopic (exact) mass is 492 g/mol. The van der Waals surface area contributed by atoms with Crippen molar-refractivity contribution in [3.05, 3.63) is 59.0 Å². The number of aryl methyl sites for hydroxylation is 1. The summed E-state index contributed by atoms with van der Waals surface area (Å²) in [7, 11) is 0. The molecule has 0 spiro atoms. The van der Waals surface area contributed by atoms with Gasteiger partial charge >= 0.3 is 12.1 Å². The number of amides is 1. The average Bonchev–Trinajstić information content (AvgIpc) is 3.50. The van der Waals surface area contributed by atoms with Gasteiger partial charge in [-0.15, -0.1) is 0 Å². The van der Waals surface area contributed by atoms with Crippen molar-refractivity contribution < 1.29 is 32.3 Å². The fourth-order valence-electron chi connectivity index (χ4n) is 5.78. The van der Waals surface area contributed by atoms with Crippen molar-refractivity contribution in [2.24, 2.45) is 11.8 Å².